The molecule has 8 nitrogen and oxygen atoms in total. The molecule has 1 heterocycles. The van der Waals surface area contributed by atoms with Gasteiger partial charge < -0.3 is 14.9 Å². The summed E-state index contributed by atoms with van der Waals surface area (Å²) in [5, 5.41) is 15.7. The molecule has 0 aromatic carbocycles. The zero-order valence-corrected chi connectivity index (χ0v) is 10.4. The number of hydrogen-bond acceptors (Lipinski definition) is 5. The van der Waals surface area contributed by atoms with Crippen molar-refractivity contribution in [3.8, 4) is 0 Å². The van der Waals surface area contributed by atoms with E-state index < -0.39 is 34.7 Å². The molecule has 0 unspecified atom stereocenters. The van der Waals surface area contributed by atoms with Crippen molar-refractivity contribution in [3.63, 3.8) is 0 Å². The van der Waals surface area contributed by atoms with E-state index in [4.69, 9.17) is 4.74 Å². The van der Waals surface area contributed by atoms with Gasteiger partial charge in [-0.3, -0.25) is 5.32 Å². The molecule has 0 spiro atoms. The van der Waals surface area contributed by atoms with Gasteiger partial charge in [-0.15, -0.1) is 4.68 Å². The molecular weight excluding hydrogens is 266 g/mol. The van der Waals surface area contributed by atoms with Crippen LogP contribution in [-0.2, 0) is 4.74 Å². The van der Waals surface area contributed by atoms with E-state index in [1.54, 1.807) is 20.8 Å². The topological polar surface area (TPSA) is 99.3 Å². The van der Waals surface area contributed by atoms with E-state index >= 15 is 0 Å². The van der Waals surface area contributed by atoms with E-state index in [9.17, 15) is 23.7 Å². The zero-order valence-electron chi connectivity index (χ0n) is 10.4. The van der Waals surface area contributed by atoms with Crippen molar-refractivity contribution in [2.45, 2.75) is 32.9 Å². The standard InChI is InChI=1S/C9H12F2N4O4/c1-9(2,3)19-8(16)12-5-4-14(7(10)11)13-6(5)15(17)18/h4,7H,1-3H3,(H,12,16). The van der Waals surface area contributed by atoms with Crippen LogP contribution in [0.1, 0.15) is 27.3 Å². The molecule has 1 amide bonds. The van der Waals surface area contributed by atoms with E-state index in [1.165, 1.54) is 0 Å². The summed E-state index contributed by atoms with van der Waals surface area (Å²) in [6.07, 6.45) is -0.336. The van der Waals surface area contributed by atoms with Crippen LogP contribution in [0.2, 0.25) is 0 Å². The molecule has 19 heavy (non-hydrogen) atoms. The molecule has 0 saturated heterocycles. The summed E-state index contributed by atoms with van der Waals surface area (Å²) in [5.41, 5.74) is -1.28. The van der Waals surface area contributed by atoms with Gasteiger partial charge in [0.2, 0.25) is 0 Å². The van der Waals surface area contributed by atoms with Crippen molar-refractivity contribution < 1.29 is 23.2 Å². The fourth-order valence-electron chi connectivity index (χ4n) is 1.12. The molecule has 0 fully saturated rings. The number of nitrogens with zero attached hydrogens (tertiary/aromatic N) is 3. The first-order chi connectivity index (χ1) is 8.60. The first-order valence-electron chi connectivity index (χ1n) is 5.12. The van der Waals surface area contributed by atoms with Crippen LogP contribution < -0.4 is 5.32 Å². The average Bonchev–Trinajstić information content (AvgIpc) is 2.58. The lowest BCUT2D eigenvalue weighted by Gasteiger charge is -2.19. The lowest BCUT2D eigenvalue weighted by Crippen LogP contribution is -2.27. The van der Waals surface area contributed by atoms with Gasteiger partial charge in [-0.2, -0.15) is 8.78 Å². The number of ether oxygens (including phenoxy) is 1. The second-order valence-electron chi connectivity index (χ2n) is 4.51. The summed E-state index contributed by atoms with van der Waals surface area (Å²) < 4.78 is 29.7. The summed E-state index contributed by atoms with van der Waals surface area (Å²) in [6.45, 7) is 1.71. The van der Waals surface area contributed by atoms with E-state index in [-0.39, 0.29) is 4.68 Å². The Bertz CT molecular complexity index is 495. The summed E-state index contributed by atoms with van der Waals surface area (Å²) in [6, 6.07) is 0. The van der Waals surface area contributed by atoms with Crippen LogP contribution in [-0.4, -0.2) is 26.4 Å². The molecule has 106 valence electrons. The first kappa shape index (κ1) is 14.8. The van der Waals surface area contributed by atoms with E-state index in [0.717, 1.165) is 0 Å². The Morgan fingerprint density at radius 1 is 1.58 bits per heavy atom. The maximum atomic E-state index is 12.4. The highest BCUT2D eigenvalue weighted by molar-refractivity contribution is 5.87. The highest BCUT2D eigenvalue weighted by Crippen LogP contribution is 2.25. The second-order valence-corrected chi connectivity index (χ2v) is 4.51. The lowest BCUT2D eigenvalue weighted by atomic mass is 10.2. The van der Waals surface area contributed by atoms with Crippen molar-refractivity contribution in [2.24, 2.45) is 0 Å². The molecule has 1 aromatic rings. The molecule has 0 aliphatic heterocycles. The van der Waals surface area contributed by atoms with Gasteiger partial charge in [0.15, 0.2) is 5.69 Å². The fraction of sp³-hybridized carbons (Fsp3) is 0.556. The van der Waals surface area contributed by atoms with Crippen LogP contribution in [0.4, 0.5) is 25.1 Å². The summed E-state index contributed by atoms with van der Waals surface area (Å²) >= 11 is 0. The number of alkyl halides is 2. The Morgan fingerprint density at radius 2 is 2.16 bits per heavy atom. The fourth-order valence-corrected chi connectivity index (χ4v) is 1.12. The molecule has 0 radical (unpaired) electrons. The minimum absolute atomic E-state index is 0.0742. The number of nitro groups is 1. The summed E-state index contributed by atoms with van der Waals surface area (Å²) in [4.78, 5) is 21.0. The van der Waals surface area contributed by atoms with Crippen molar-refractivity contribution in [2.75, 3.05) is 5.32 Å². The SMILES string of the molecule is CC(C)(C)OC(=O)Nc1cn(C(F)F)nc1[N+](=O)[O-]. The number of amides is 1. The number of carbonyl (C=O) groups is 1. The van der Waals surface area contributed by atoms with Gasteiger partial charge in [-0.25, -0.2) is 4.79 Å². The molecule has 0 aliphatic carbocycles. The van der Waals surface area contributed by atoms with E-state index in [1.807, 2.05) is 5.32 Å². The minimum Gasteiger partial charge on any atom is -0.444 e. The van der Waals surface area contributed by atoms with Crippen molar-refractivity contribution >= 4 is 17.6 Å². The van der Waals surface area contributed by atoms with Gasteiger partial charge in [-0.1, -0.05) is 0 Å². The Labute approximate surface area is 106 Å². The predicted molar refractivity (Wildman–Crippen MR) is 60.0 cm³/mol. The third-order valence-corrected chi connectivity index (χ3v) is 1.72. The monoisotopic (exact) mass is 278 g/mol. The van der Waals surface area contributed by atoms with Gasteiger partial charge in [0.1, 0.15) is 5.60 Å². The van der Waals surface area contributed by atoms with Gasteiger partial charge in [0.05, 0.1) is 11.3 Å². The number of rotatable bonds is 3. The van der Waals surface area contributed by atoms with Gasteiger partial charge >= 0.3 is 18.5 Å². The summed E-state index contributed by atoms with van der Waals surface area (Å²) in [5.74, 6) is -0.883. The van der Waals surface area contributed by atoms with E-state index in [2.05, 4.69) is 5.10 Å². The molecular formula is C9H12F2N4O4. The molecule has 0 aliphatic rings. The third kappa shape index (κ3) is 4.16. The molecule has 1 rings (SSSR count). The highest BCUT2D eigenvalue weighted by Gasteiger charge is 2.27. The quantitative estimate of drug-likeness (QED) is 0.676. The predicted octanol–water partition coefficient (Wildman–Crippen LogP) is 2.53. The smallest absolute Gasteiger partial charge is 0.413 e. The first-order valence-corrected chi connectivity index (χ1v) is 5.12. The van der Waals surface area contributed by atoms with Crippen LogP contribution in [0.5, 0.6) is 0 Å². The Kier molecular flexibility index (Phi) is 4.02. The van der Waals surface area contributed by atoms with Crippen molar-refractivity contribution in [1.29, 1.82) is 0 Å². The number of hydrogen-bond donors (Lipinski definition) is 1. The average molecular weight is 278 g/mol. The number of anilines is 1. The molecule has 10 heteroatoms. The zero-order chi connectivity index (χ0) is 14.8. The maximum absolute atomic E-state index is 12.4. The highest BCUT2D eigenvalue weighted by atomic mass is 19.3. The van der Waals surface area contributed by atoms with Gasteiger partial charge in [0, 0.05) is 0 Å². The number of halogens is 2. The Morgan fingerprint density at radius 3 is 2.58 bits per heavy atom. The molecule has 0 saturated carbocycles. The van der Waals surface area contributed by atoms with Crippen LogP contribution in [0.3, 0.4) is 0 Å². The number of nitrogens with one attached hydrogen (secondary N) is 1. The van der Waals surface area contributed by atoms with Gasteiger partial charge in [-0.05, 0) is 25.7 Å². The maximum Gasteiger partial charge on any atom is 0.413 e. The molecule has 0 bridgehead atoms. The molecule has 0 atom stereocenters. The van der Waals surface area contributed by atoms with Crippen LogP contribution >= 0.6 is 0 Å². The minimum atomic E-state index is -3.05. The van der Waals surface area contributed by atoms with Gasteiger partial charge in [0.25, 0.3) is 0 Å². The number of aromatic nitrogens is 2. The third-order valence-electron chi connectivity index (χ3n) is 1.72. The van der Waals surface area contributed by atoms with Crippen LogP contribution in [0.15, 0.2) is 6.20 Å². The largest absolute Gasteiger partial charge is 0.444 e. The Balaban J connectivity index is 2.93. The van der Waals surface area contributed by atoms with Crippen molar-refractivity contribution in [1.82, 2.24) is 9.78 Å². The lowest BCUT2D eigenvalue weighted by molar-refractivity contribution is -0.389. The number of carbonyl (C=O) groups excluding carboxylic acids is 1. The normalized spacial score (nSPS) is 11.5. The second kappa shape index (κ2) is 5.16. The van der Waals surface area contributed by atoms with Crippen molar-refractivity contribution in [3.05, 3.63) is 16.3 Å². The summed E-state index contributed by atoms with van der Waals surface area (Å²) in [7, 11) is 0. The van der Waals surface area contributed by atoms with E-state index in [0.29, 0.717) is 6.20 Å². The molecule has 1 N–H and O–H groups in total. The Hall–Kier alpha value is -2.26. The molecule has 1 aromatic heterocycles. The van der Waals surface area contributed by atoms with Crippen LogP contribution in [0, 0.1) is 10.1 Å². The van der Waals surface area contributed by atoms with Crippen LogP contribution in [0.25, 0.3) is 0 Å².